The molecule has 0 saturated heterocycles. The Hall–Kier alpha value is -2.96. The molecule has 3 heterocycles. The summed E-state index contributed by atoms with van der Waals surface area (Å²) in [7, 11) is 0. The average Bonchev–Trinajstić information content (AvgIpc) is 3.01. The summed E-state index contributed by atoms with van der Waals surface area (Å²) in [6.07, 6.45) is 4.98. The molecule has 0 unspecified atom stereocenters. The number of hydrogen-bond donors (Lipinski definition) is 2. The smallest absolute Gasteiger partial charge is 0.272 e. The van der Waals surface area contributed by atoms with Crippen molar-refractivity contribution in [2.75, 3.05) is 5.32 Å². The number of imidazole rings is 1. The fourth-order valence-electron chi connectivity index (χ4n) is 3.16. The van der Waals surface area contributed by atoms with Gasteiger partial charge in [0.1, 0.15) is 11.6 Å². The molecule has 0 radical (unpaired) electrons. The maximum atomic E-state index is 12.4. The third-order valence-corrected chi connectivity index (χ3v) is 4.34. The van der Waals surface area contributed by atoms with E-state index >= 15 is 0 Å². The molecule has 0 saturated carbocycles. The van der Waals surface area contributed by atoms with E-state index in [1.165, 1.54) is 0 Å². The van der Waals surface area contributed by atoms with E-state index in [1.54, 1.807) is 24.4 Å². The van der Waals surface area contributed by atoms with Gasteiger partial charge in [-0.1, -0.05) is 18.2 Å². The third-order valence-electron chi connectivity index (χ3n) is 4.34. The van der Waals surface area contributed by atoms with Crippen LogP contribution < -0.4 is 10.9 Å². The molecule has 0 bridgehead atoms. The Bertz CT molecular complexity index is 973. The Morgan fingerprint density at radius 2 is 2.08 bits per heavy atom. The number of amides is 1. The molecule has 1 aromatic carbocycles. The fourth-order valence-corrected chi connectivity index (χ4v) is 3.16. The number of fused-ring (bicyclic) bond motifs is 2. The van der Waals surface area contributed by atoms with E-state index in [0.717, 1.165) is 37.4 Å². The van der Waals surface area contributed by atoms with Crippen LogP contribution in [0.4, 0.5) is 5.82 Å². The van der Waals surface area contributed by atoms with Crippen molar-refractivity contribution < 1.29 is 4.79 Å². The van der Waals surface area contributed by atoms with Gasteiger partial charge in [-0.25, -0.2) is 10.1 Å². The molecule has 0 atom stereocenters. The van der Waals surface area contributed by atoms with Gasteiger partial charge in [-0.3, -0.25) is 9.59 Å². The van der Waals surface area contributed by atoms with E-state index in [0.29, 0.717) is 16.5 Å². The molecule has 0 aliphatic carbocycles. The Morgan fingerprint density at radius 3 is 2.96 bits per heavy atom. The van der Waals surface area contributed by atoms with Crippen molar-refractivity contribution in [3.63, 3.8) is 0 Å². The molecule has 1 aliphatic heterocycles. The number of nitrogens with one attached hydrogen (secondary N) is 2. The monoisotopic (exact) mass is 323 g/mol. The summed E-state index contributed by atoms with van der Waals surface area (Å²) in [5.41, 5.74) is 0.306. The van der Waals surface area contributed by atoms with Crippen molar-refractivity contribution in [1.29, 1.82) is 0 Å². The lowest BCUT2D eigenvalue weighted by molar-refractivity contribution is -0.115. The first-order chi connectivity index (χ1) is 11.7. The lowest BCUT2D eigenvalue weighted by Gasteiger charge is -2.16. The number of hydrogen-bond acceptors (Lipinski definition) is 4. The van der Waals surface area contributed by atoms with E-state index < -0.39 is 0 Å². The maximum Gasteiger partial charge on any atom is 0.272 e. The Kier molecular flexibility index (Phi) is 3.60. The number of H-pyrrole nitrogens is 1. The van der Waals surface area contributed by atoms with Crippen LogP contribution in [0.25, 0.3) is 10.8 Å². The van der Waals surface area contributed by atoms with Crippen LogP contribution in [-0.4, -0.2) is 25.7 Å². The lowest BCUT2D eigenvalue weighted by Crippen LogP contribution is -2.21. The highest BCUT2D eigenvalue weighted by Crippen LogP contribution is 2.20. The molecule has 24 heavy (non-hydrogen) atoms. The van der Waals surface area contributed by atoms with E-state index in [1.807, 2.05) is 6.07 Å². The van der Waals surface area contributed by atoms with Crippen LogP contribution in [0.2, 0.25) is 0 Å². The lowest BCUT2D eigenvalue weighted by atomic mass is 10.1. The zero-order valence-corrected chi connectivity index (χ0v) is 13.1. The third kappa shape index (κ3) is 2.58. The second-order valence-corrected chi connectivity index (χ2v) is 5.94. The summed E-state index contributed by atoms with van der Waals surface area (Å²) in [4.78, 5) is 28.6. The van der Waals surface area contributed by atoms with Crippen LogP contribution in [0.5, 0.6) is 0 Å². The van der Waals surface area contributed by atoms with Crippen LogP contribution in [0.1, 0.15) is 24.4 Å². The number of anilines is 1. The van der Waals surface area contributed by atoms with Gasteiger partial charge in [0, 0.05) is 18.4 Å². The Balaban J connectivity index is 1.58. The van der Waals surface area contributed by atoms with E-state index in [-0.39, 0.29) is 17.9 Å². The summed E-state index contributed by atoms with van der Waals surface area (Å²) >= 11 is 0. The van der Waals surface area contributed by atoms with Crippen LogP contribution >= 0.6 is 0 Å². The molecular weight excluding hydrogens is 306 g/mol. The molecule has 2 N–H and O–H groups in total. The number of carbonyl (C=O) groups excluding carboxylic acids is 1. The summed E-state index contributed by atoms with van der Waals surface area (Å²) in [6, 6.07) is 7.16. The van der Waals surface area contributed by atoms with E-state index in [2.05, 4.69) is 25.1 Å². The van der Waals surface area contributed by atoms with Gasteiger partial charge in [0.2, 0.25) is 5.91 Å². The molecule has 1 amide bonds. The Labute approximate surface area is 137 Å². The number of carbonyl (C=O) groups is 1. The molecular formula is C17H17N5O2. The maximum absolute atomic E-state index is 12.4. The highest BCUT2D eigenvalue weighted by molar-refractivity contribution is 5.94. The highest BCUT2D eigenvalue weighted by atomic mass is 16.1. The largest absolute Gasteiger partial charge is 0.315 e. The van der Waals surface area contributed by atoms with Crippen molar-refractivity contribution in [2.24, 2.45) is 0 Å². The van der Waals surface area contributed by atoms with Crippen LogP contribution in [-0.2, 0) is 24.2 Å². The summed E-state index contributed by atoms with van der Waals surface area (Å²) in [5.74, 6) is 1.57. The molecule has 0 fully saturated rings. The SMILES string of the molecule is O=C(Cc1n[nH]c(=O)c2ccccc12)Nc1cnc2n1CCCC2. The first-order valence-corrected chi connectivity index (χ1v) is 8.03. The van der Waals surface area contributed by atoms with E-state index in [4.69, 9.17) is 0 Å². The molecule has 7 nitrogen and oxygen atoms in total. The highest BCUT2D eigenvalue weighted by Gasteiger charge is 2.17. The summed E-state index contributed by atoms with van der Waals surface area (Å²) < 4.78 is 2.06. The topological polar surface area (TPSA) is 92.7 Å². The first kappa shape index (κ1) is 14.6. The predicted molar refractivity (Wildman–Crippen MR) is 89.9 cm³/mol. The number of nitrogens with zero attached hydrogens (tertiary/aromatic N) is 3. The molecule has 122 valence electrons. The minimum atomic E-state index is -0.250. The molecule has 0 spiro atoms. The number of rotatable bonds is 3. The minimum absolute atomic E-state index is 0.0950. The van der Waals surface area contributed by atoms with Crippen molar-refractivity contribution in [1.82, 2.24) is 19.7 Å². The normalized spacial score (nSPS) is 13.7. The zero-order chi connectivity index (χ0) is 16.5. The van der Waals surface area contributed by atoms with Gasteiger partial charge >= 0.3 is 0 Å². The first-order valence-electron chi connectivity index (χ1n) is 8.03. The van der Waals surface area contributed by atoms with Crippen LogP contribution in [0.3, 0.4) is 0 Å². The number of benzene rings is 1. The summed E-state index contributed by atoms with van der Waals surface area (Å²) in [6.45, 7) is 0.880. The van der Waals surface area contributed by atoms with Crippen LogP contribution in [0.15, 0.2) is 35.3 Å². The molecule has 4 rings (SSSR count). The Morgan fingerprint density at radius 1 is 1.25 bits per heavy atom. The van der Waals surface area contributed by atoms with Crippen molar-refractivity contribution in [2.45, 2.75) is 32.2 Å². The molecule has 3 aromatic rings. The number of aromatic nitrogens is 4. The van der Waals surface area contributed by atoms with Crippen molar-refractivity contribution in [3.05, 3.63) is 52.3 Å². The van der Waals surface area contributed by atoms with Gasteiger partial charge in [0.05, 0.1) is 23.7 Å². The predicted octanol–water partition coefficient (Wildman–Crippen LogP) is 1.64. The zero-order valence-electron chi connectivity index (χ0n) is 13.1. The van der Waals surface area contributed by atoms with E-state index in [9.17, 15) is 9.59 Å². The van der Waals surface area contributed by atoms with Gasteiger partial charge in [-0.2, -0.15) is 5.10 Å². The second-order valence-electron chi connectivity index (χ2n) is 5.94. The van der Waals surface area contributed by atoms with Gasteiger partial charge < -0.3 is 9.88 Å². The number of aromatic amines is 1. The van der Waals surface area contributed by atoms with Gasteiger partial charge in [0.25, 0.3) is 5.56 Å². The summed E-state index contributed by atoms with van der Waals surface area (Å²) in [5, 5.41) is 10.6. The molecule has 1 aliphatic rings. The minimum Gasteiger partial charge on any atom is -0.315 e. The fraction of sp³-hybridized carbons (Fsp3) is 0.294. The quantitative estimate of drug-likeness (QED) is 0.766. The standard InChI is InChI=1S/C17H17N5O2/c23-16(19-15-10-18-14-7-3-4-8-22(14)15)9-13-11-5-1-2-6-12(11)17(24)21-20-13/h1-2,5-6,10H,3-4,7-9H2,(H,19,23)(H,21,24). The average molecular weight is 323 g/mol. The molecule has 7 heteroatoms. The van der Waals surface area contributed by atoms with Gasteiger partial charge in [-0.05, 0) is 18.9 Å². The van der Waals surface area contributed by atoms with Crippen LogP contribution in [0, 0.1) is 0 Å². The van der Waals surface area contributed by atoms with Gasteiger partial charge in [-0.15, -0.1) is 0 Å². The second kappa shape index (κ2) is 5.92. The van der Waals surface area contributed by atoms with Crippen molar-refractivity contribution >= 4 is 22.5 Å². The van der Waals surface area contributed by atoms with Crippen molar-refractivity contribution in [3.8, 4) is 0 Å². The molecule has 2 aromatic heterocycles. The number of aryl methyl sites for hydroxylation is 1. The van der Waals surface area contributed by atoms with Gasteiger partial charge in [0.15, 0.2) is 0 Å².